The monoisotopic (exact) mass is 272 g/mol. The van der Waals surface area contributed by atoms with Crippen LogP contribution in [0, 0.1) is 23.2 Å². The molecule has 116 valence electrons. The van der Waals surface area contributed by atoms with Crippen LogP contribution in [-0.4, -0.2) is 18.0 Å². The van der Waals surface area contributed by atoms with E-state index in [1.54, 1.807) is 0 Å². The second kappa shape index (κ2) is 8.97. The van der Waals surface area contributed by atoms with Crippen molar-refractivity contribution in [3.63, 3.8) is 0 Å². The van der Waals surface area contributed by atoms with Crippen molar-refractivity contribution >= 4 is 0 Å². The zero-order valence-electron chi connectivity index (χ0n) is 14.2. The quantitative estimate of drug-likeness (QED) is 0.576. The highest BCUT2D eigenvalue weighted by atomic mass is 16.6. The Balaban J connectivity index is 4.44. The van der Waals surface area contributed by atoms with Crippen LogP contribution in [0.25, 0.3) is 0 Å². The molecule has 0 rings (SSSR count). The number of aliphatic hydroxyl groups is 1. The largest absolute Gasteiger partial charge is 0.367 e. The van der Waals surface area contributed by atoms with Crippen LogP contribution in [0.15, 0.2) is 0 Å². The van der Waals surface area contributed by atoms with Crippen molar-refractivity contribution in [2.24, 2.45) is 23.2 Å². The van der Waals surface area contributed by atoms with Crippen LogP contribution in [0.4, 0.5) is 0 Å². The first kappa shape index (κ1) is 18.9. The summed E-state index contributed by atoms with van der Waals surface area (Å²) in [6.07, 6.45) is 4.16. The molecule has 19 heavy (non-hydrogen) atoms. The predicted octanol–water partition coefficient (Wildman–Crippen LogP) is 4.86. The molecule has 0 aliphatic heterocycles. The standard InChI is InChI=1S/C17H36O2/c1-8-10-11-15(9-2)12-19-16(18)17(7,13(3)4)14(5)6/h13-16,18H,8-12H2,1-7H3. The SMILES string of the molecule is CCCCC(CC)COC(O)C(C)(C(C)C)C(C)C. The van der Waals surface area contributed by atoms with Gasteiger partial charge in [-0.3, -0.25) is 0 Å². The fourth-order valence-corrected chi connectivity index (χ4v) is 2.54. The van der Waals surface area contributed by atoms with Gasteiger partial charge in [-0.05, 0) is 24.2 Å². The highest BCUT2D eigenvalue weighted by molar-refractivity contribution is 4.83. The van der Waals surface area contributed by atoms with Crippen molar-refractivity contribution in [3.8, 4) is 0 Å². The van der Waals surface area contributed by atoms with Crippen molar-refractivity contribution in [2.45, 2.75) is 80.4 Å². The zero-order chi connectivity index (χ0) is 15.1. The van der Waals surface area contributed by atoms with Crippen molar-refractivity contribution in [1.82, 2.24) is 0 Å². The van der Waals surface area contributed by atoms with Crippen molar-refractivity contribution in [2.75, 3.05) is 6.61 Å². The molecule has 1 N–H and O–H groups in total. The Morgan fingerprint density at radius 3 is 1.95 bits per heavy atom. The molecule has 2 heteroatoms. The van der Waals surface area contributed by atoms with Gasteiger partial charge in [0.2, 0.25) is 0 Å². The van der Waals surface area contributed by atoms with Gasteiger partial charge in [-0.2, -0.15) is 0 Å². The Labute approximate surface area is 120 Å². The topological polar surface area (TPSA) is 29.5 Å². The van der Waals surface area contributed by atoms with Gasteiger partial charge < -0.3 is 9.84 Å². The number of aliphatic hydroxyl groups excluding tert-OH is 1. The van der Waals surface area contributed by atoms with Gasteiger partial charge in [-0.25, -0.2) is 0 Å². The molecule has 0 heterocycles. The summed E-state index contributed by atoms with van der Waals surface area (Å²) < 4.78 is 5.84. The molecule has 0 aliphatic carbocycles. The van der Waals surface area contributed by atoms with Gasteiger partial charge in [-0.1, -0.05) is 67.7 Å². The van der Waals surface area contributed by atoms with E-state index >= 15 is 0 Å². The molecule has 0 bridgehead atoms. The predicted molar refractivity (Wildman–Crippen MR) is 83.0 cm³/mol. The molecule has 0 aliphatic rings. The summed E-state index contributed by atoms with van der Waals surface area (Å²) in [6, 6.07) is 0. The summed E-state index contributed by atoms with van der Waals surface area (Å²) in [5.41, 5.74) is -0.178. The number of hydrogen-bond donors (Lipinski definition) is 1. The van der Waals surface area contributed by atoms with Gasteiger partial charge in [0.25, 0.3) is 0 Å². The summed E-state index contributed by atoms with van der Waals surface area (Å²) in [4.78, 5) is 0. The molecule has 0 spiro atoms. The number of rotatable bonds is 10. The maximum absolute atomic E-state index is 10.5. The molecule has 2 nitrogen and oxygen atoms in total. The highest BCUT2D eigenvalue weighted by Gasteiger charge is 2.40. The van der Waals surface area contributed by atoms with Crippen LogP contribution in [0.3, 0.4) is 0 Å². The minimum absolute atomic E-state index is 0.178. The van der Waals surface area contributed by atoms with E-state index in [2.05, 4.69) is 48.5 Å². The lowest BCUT2D eigenvalue weighted by molar-refractivity contribution is -0.205. The Bertz CT molecular complexity index is 215. The van der Waals surface area contributed by atoms with Crippen molar-refractivity contribution in [3.05, 3.63) is 0 Å². The molecule has 0 saturated carbocycles. The van der Waals surface area contributed by atoms with Crippen LogP contribution in [-0.2, 0) is 4.74 Å². The third-order valence-corrected chi connectivity index (χ3v) is 5.05. The van der Waals surface area contributed by atoms with E-state index in [-0.39, 0.29) is 5.41 Å². The minimum atomic E-state index is -0.664. The van der Waals surface area contributed by atoms with E-state index < -0.39 is 6.29 Å². The lowest BCUT2D eigenvalue weighted by Crippen LogP contribution is -2.43. The van der Waals surface area contributed by atoms with E-state index in [4.69, 9.17) is 4.74 Å². The fraction of sp³-hybridized carbons (Fsp3) is 1.00. The average molecular weight is 272 g/mol. The summed E-state index contributed by atoms with van der Waals surface area (Å²) in [6.45, 7) is 15.9. The van der Waals surface area contributed by atoms with Gasteiger partial charge in [-0.15, -0.1) is 0 Å². The maximum Gasteiger partial charge on any atom is 0.160 e. The highest BCUT2D eigenvalue weighted by Crippen LogP contribution is 2.39. The minimum Gasteiger partial charge on any atom is -0.367 e. The molecule has 0 fully saturated rings. The maximum atomic E-state index is 10.5. The van der Waals surface area contributed by atoms with Crippen molar-refractivity contribution < 1.29 is 9.84 Å². The molecular formula is C17H36O2. The molecule has 0 aromatic rings. The summed E-state index contributed by atoms with van der Waals surface area (Å²) in [7, 11) is 0. The second-order valence-corrected chi connectivity index (χ2v) is 6.78. The zero-order valence-corrected chi connectivity index (χ0v) is 14.2. The van der Waals surface area contributed by atoms with Crippen LogP contribution >= 0.6 is 0 Å². The van der Waals surface area contributed by atoms with Crippen molar-refractivity contribution in [1.29, 1.82) is 0 Å². The lowest BCUT2D eigenvalue weighted by atomic mass is 9.70. The molecule has 0 saturated heterocycles. The number of hydrogen-bond acceptors (Lipinski definition) is 2. The van der Waals surface area contributed by atoms with Gasteiger partial charge in [0.15, 0.2) is 6.29 Å². The van der Waals surface area contributed by atoms with Crippen LogP contribution in [0.5, 0.6) is 0 Å². The normalized spacial score (nSPS) is 16.1. The van der Waals surface area contributed by atoms with Gasteiger partial charge in [0.05, 0.1) is 6.61 Å². The van der Waals surface area contributed by atoms with E-state index in [9.17, 15) is 5.11 Å². The van der Waals surface area contributed by atoms with Crippen LogP contribution in [0.2, 0.25) is 0 Å². The molecule has 0 aromatic heterocycles. The van der Waals surface area contributed by atoms with Gasteiger partial charge in [0, 0.05) is 5.41 Å². The smallest absolute Gasteiger partial charge is 0.160 e. The Morgan fingerprint density at radius 2 is 1.58 bits per heavy atom. The Hall–Kier alpha value is -0.0800. The van der Waals surface area contributed by atoms with Crippen LogP contribution < -0.4 is 0 Å². The van der Waals surface area contributed by atoms with E-state index in [0.29, 0.717) is 24.4 Å². The molecule has 2 unspecified atom stereocenters. The first-order valence-corrected chi connectivity index (χ1v) is 8.10. The molecule has 0 aromatic carbocycles. The molecule has 0 amide bonds. The summed E-state index contributed by atoms with van der Waals surface area (Å²) >= 11 is 0. The Morgan fingerprint density at radius 1 is 1.05 bits per heavy atom. The van der Waals surface area contributed by atoms with Gasteiger partial charge >= 0.3 is 0 Å². The lowest BCUT2D eigenvalue weighted by Gasteiger charge is -2.41. The summed E-state index contributed by atoms with van der Waals surface area (Å²) in [5, 5.41) is 10.5. The average Bonchev–Trinajstić information content (AvgIpc) is 2.36. The van der Waals surface area contributed by atoms with Crippen LogP contribution in [0.1, 0.15) is 74.1 Å². The number of ether oxygens (including phenoxy) is 1. The van der Waals surface area contributed by atoms with Gasteiger partial charge in [0.1, 0.15) is 0 Å². The Kier molecular flexibility index (Phi) is 8.93. The van der Waals surface area contributed by atoms with E-state index in [1.165, 1.54) is 19.3 Å². The first-order chi connectivity index (χ1) is 8.80. The van der Waals surface area contributed by atoms with E-state index in [0.717, 1.165) is 6.42 Å². The molecular weight excluding hydrogens is 236 g/mol. The number of unbranched alkanes of at least 4 members (excludes halogenated alkanes) is 1. The second-order valence-electron chi connectivity index (χ2n) is 6.78. The fourth-order valence-electron chi connectivity index (χ4n) is 2.54. The molecule has 2 atom stereocenters. The third kappa shape index (κ3) is 5.43. The third-order valence-electron chi connectivity index (χ3n) is 5.05. The first-order valence-electron chi connectivity index (χ1n) is 8.10. The molecule has 0 radical (unpaired) electrons. The summed E-state index contributed by atoms with van der Waals surface area (Å²) in [5.74, 6) is 1.38. The van der Waals surface area contributed by atoms with E-state index in [1.807, 2.05) is 0 Å².